The van der Waals surface area contributed by atoms with Gasteiger partial charge in [-0.1, -0.05) is 12.7 Å². The van der Waals surface area contributed by atoms with Gasteiger partial charge < -0.3 is 10.5 Å². The fraction of sp³-hybridized carbons (Fsp3) is 0.111. The van der Waals surface area contributed by atoms with E-state index in [1.807, 2.05) is 0 Å². The second-order valence-corrected chi connectivity index (χ2v) is 3.26. The van der Waals surface area contributed by atoms with Gasteiger partial charge in [-0.05, 0) is 22.0 Å². The number of halogens is 2. The zero-order chi connectivity index (χ0) is 9.84. The molecule has 2 nitrogen and oxygen atoms in total. The van der Waals surface area contributed by atoms with Gasteiger partial charge in [-0.25, -0.2) is 4.39 Å². The van der Waals surface area contributed by atoms with Crippen molar-refractivity contribution >= 4 is 21.6 Å². The molecule has 4 heteroatoms. The fourth-order valence-corrected chi connectivity index (χ4v) is 1.44. The summed E-state index contributed by atoms with van der Waals surface area (Å²) in [5, 5.41) is 0. The predicted molar refractivity (Wildman–Crippen MR) is 54.2 cm³/mol. The van der Waals surface area contributed by atoms with E-state index in [4.69, 9.17) is 10.5 Å². The molecule has 0 heterocycles. The first-order valence-corrected chi connectivity index (χ1v) is 4.42. The molecule has 0 atom stereocenters. The Morgan fingerprint density at radius 1 is 1.62 bits per heavy atom. The van der Waals surface area contributed by atoms with E-state index in [2.05, 4.69) is 22.5 Å². The molecule has 0 saturated carbocycles. The fourth-order valence-electron chi connectivity index (χ4n) is 0.875. The van der Waals surface area contributed by atoms with Crippen LogP contribution in [0.15, 0.2) is 29.3 Å². The molecule has 0 spiro atoms. The average molecular weight is 246 g/mol. The lowest BCUT2D eigenvalue weighted by Crippen LogP contribution is -1.99. The van der Waals surface area contributed by atoms with Crippen LogP contribution in [0, 0.1) is 5.82 Å². The van der Waals surface area contributed by atoms with E-state index in [0.29, 0.717) is 16.8 Å². The summed E-state index contributed by atoms with van der Waals surface area (Å²) < 4.78 is 18.5. The van der Waals surface area contributed by atoms with Gasteiger partial charge >= 0.3 is 0 Å². The van der Waals surface area contributed by atoms with Crippen LogP contribution in [-0.2, 0) is 0 Å². The van der Waals surface area contributed by atoms with E-state index < -0.39 is 5.82 Å². The zero-order valence-corrected chi connectivity index (χ0v) is 8.47. The van der Waals surface area contributed by atoms with Crippen LogP contribution in [-0.4, -0.2) is 6.61 Å². The molecule has 2 N–H and O–H groups in total. The average Bonchev–Trinajstić information content (AvgIpc) is 2.02. The largest absolute Gasteiger partial charge is 0.486 e. The lowest BCUT2D eigenvalue weighted by atomic mass is 10.3. The zero-order valence-electron chi connectivity index (χ0n) is 6.89. The maximum Gasteiger partial charge on any atom is 0.157 e. The van der Waals surface area contributed by atoms with Crippen LogP contribution < -0.4 is 10.5 Å². The normalized spacial score (nSPS) is 9.69. The van der Waals surface area contributed by atoms with Crippen molar-refractivity contribution in [2.45, 2.75) is 0 Å². The summed E-state index contributed by atoms with van der Waals surface area (Å²) in [6, 6.07) is 2.51. The molecule has 0 aliphatic rings. The van der Waals surface area contributed by atoms with Crippen LogP contribution in [0.2, 0.25) is 0 Å². The second-order valence-electron chi connectivity index (χ2n) is 2.41. The Bertz CT molecular complexity index is 304. The van der Waals surface area contributed by atoms with Gasteiger partial charge in [0.25, 0.3) is 0 Å². The van der Waals surface area contributed by atoms with Crippen LogP contribution in [0.3, 0.4) is 0 Å². The molecule has 0 aliphatic carbocycles. The number of rotatable bonds is 3. The van der Waals surface area contributed by atoms with E-state index in [1.54, 1.807) is 6.08 Å². The number of anilines is 1. The van der Waals surface area contributed by atoms with E-state index in [1.165, 1.54) is 12.1 Å². The molecule has 1 aromatic carbocycles. The summed E-state index contributed by atoms with van der Waals surface area (Å²) in [4.78, 5) is 0. The topological polar surface area (TPSA) is 35.2 Å². The number of benzene rings is 1. The van der Waals surface area contributed by atoms with Crippen molar-refractivity contribution in [1.29, 1.82) is 0 Å². The Labute approximate surface area is 84.3 Å². The van der Waals surface area contributed by atoms with Gasteiger partial charge in [-0.2, -0.15) is 0 Å². The minimum atomic E-state index is -0.393. The standard InChI is InChI=1S/C9H9BrFNO/c1-2-3-13-9-7(10)4-6(11)5-8(9)12/h2,4-5H,1,3,12H2. The summed E-state index contributed by atoms with van der Waals surface area (Å²) in [6.07, 6.45) is 1.59. The first kappa shape index (κ1) is 10.1. The third kappa shape index (κ3) is 2.45. The summed E-state index contributed by atoms with van der Waals surface area (Å²) in [7, 11) is 0. The number of ether oxygens (including phenoxy) is 1. The minimum Gasteiger partial charge on any atom is -0.486 e. The van der Waals surface area contributed by atoms with E-state index in [0.717, 1.165) is 0 Å². The Morgan fingerprint density at radius 3 is 2.85 bits per heavy atom. The van der Waals surface area contributed by atoms with Crippen LogP contribution in [0.25, 0.3) is 0 Å². The molecule has 70 valence electrons. The highest BCUT2D eigenvalue weighted by molar-refractivity contribution is 9.10. The van der Waals surface area contributed by atoms with Crippen LogP contribution in [0.1, 0.15) is 0 Å². The Kier molecular flexibility index (Phi) is 3.31. The Balaban J connectivity index is 2.98. The quantitative estimate of drug-likeness (QED) is 0.657. The van der Waals surface area contributed by atoms with Gasteiger partial charge in [0.15, 0.2) is 5.75 Å². The number of hydrogen-bond donors (Lipinski definition) is 1. The van der Waals surface area contributed by atoms with Gasteiger partial charge in [0.05, 0.1) is 10.2 Å². The van der Waals surface area contributed by atoms with E-state index in [-0.39, 0.29) is 5.69 Å². The third-order valence-corrected chi connectivity index (χ3v) is 1.97. The first-order valence-electron chi connectivity index (χ1n) is 3.63. The molecule has 0 radical (unpaired) electrons. The second kappa shape index (κ2) is 4.28. The molecule has 0 unspecified atom stereocenters. The van der Waals surface area contributed by atoms with Gasteiger partial charge in [-0.3, -0.25) is 0 Å². The molecule has 0 saturated heterocycles. The Morgan fingerprint density at radius 2 is 2.31 bits per heavy atom. The molecule has 13 heavy (non-hydrogen) atoms. The SMILES string of the molecule is C=CCOc1c(N)cc(F)cc1Br. The van der Waals surface area contributed by atoms with Crippen LogP contribution in [0.5, 0.6) is 5.75 Å². The summed E-state index contributed by atoms with van der Waals surface area (Å²) in [5.41, 5.74) is 5.81. The van der Waals surface area contributed by atoms with Crippen molar-refractivity contribution < 1.29 is 9.13 Å². The summed E-state index contributed by atoms with van der Waals surface area (Å²) >= 11 is 3.15. The number of hydrogen-bond acceptors (Lipinski definition) is 2. The molecule has 1 aromatic rings. The first-order chi connectivity index (χ1) is 6.15. The number of nitrogen functional groups attached to an aromatic ring is 1. The Hall–Kier alpha value is -1.03. The van der Waals surface area contributed by atoms with Gasteiger partial charge in [-0.15, -0.1) is 0 Å². The molecule has 1 rings (SSSR count). The maximum atomic E-state index is 12.7. The summed E-state index contributed by atoms with van der Waals surface area (Å²) in [6.45, 7) is 3.84. The molecule has 0 fully saturated rings. The lowest BCUT2D eigenvalue weighted by molar-refractivity contribution is 0.362. The highest BCUT2D eigenvalue weighted by atomic mass is 79.9. The highest BCUT2D eigenvalue weighted by Crippen LogP contribution is 2.32. The molecular weight excluding hydrogens is 237 g/mol. The molecular formula is C9H9BrFNO. The van der Waals surface area contributed by atoms with Gasteiger partial charge in [0.1, 0.15) is 12.4 Å². The van der Waals surface area contributed by atoms with Gasteiger partial charge in [0.2, 0.25) is 0 Å². The molecule has 0 aromatic heterocycles. The maximum absolute atomic E-state index is 12.7. The minimum absolute atomic E-state index is 0.272. The van der Waals surface area contributed by atoms with Crippen LogP contribution in [0.4, 0.5) is 10.1 Å². The summed E-state index contributed by atoms with van der Waals surface area (Å²) in [5.74, 6) is 0.0524. The highest BCUT2D eigenvalue weighted by Gasteiger charge is 2.07. The third-order valence-electron chi connectivity index (χ3n) is 1.38. The van der Waals surface area contributed by atoms with Crippen molar-refractivity contribution in [3.8, 4) is 5.75 Å². The van der Waals surface area contributed by atoms with Crippen molar-refractivity contribution in [1.82, 2.24) is 0 Å². The smallest absolute Gasteiger partial charge is 0.157 e. The van der Waals surface area contributed by atoms with Crippen molar-refractivity contribution in [2.75, 3.05) is 12.3 Å². The lowest BCUT2D eigenvalue weighted by Gasteiger charge is -2.08. The van der Waals surface area contributed by atoms with Crippen molar-refractivity contribution in [3.05, 3.63) is 35.1 Å². The monoisotopic (exact) mass is 245 g/mol. The van der Waals surface area contributed by atoms with Crippen molar-refractivity contribution in [2.24, 2.45) is 0 Å². The molecule has 0 amide bonds. The molecule has 0 bridgehead atoms. The number of nitrogens with two attached hydrogens (primary N) is 1. The predicted octanol–water partition coefficient (Wildman–Crippen LogP) is 2.74. The van der Waals surface area contributed by atoms with Crippen molar-refractivity contribution in [3.63, 3.8) is 0 Å². The van der Waals surface area contributed by atoms with E-state index >= 15 is 0 Å². The van der Waals surface area contributed by atoms with Crippen LogP contribution >= 0.6 is 15.9 Å². The molecule has 0 aliphatic heterocycles. The van der Waals surface area contributed by atoms with Gasteiger partial charge in [0, 0.05) is 6.07 Å². The van der Waals surface area contributed by atoms with E-state index in [9.17, 15) is 4.39 Å².